The Kier molecular flexibility index (Phi) is 4.01. The van der Waals surface area contributed by atoms with Gasteiger partial charge in [0.25, 0.3) is 0 Å². The number of ether oxygens (including phenoxy) is 2. The number of nitrogens with zero attached hydrogens (tertiary/aromatic N) is 1. The lowest BCUT2D eigenvalue weighted by molar-refractivity contribution is -0.181. The minimum Gasteiger partial charge on any atom is -0.480 e. The molecule has 114 valence electrons. The molecule has 0 aromatic heterocycles. The first-order valence-electron chi connectivity index (χ1n) is 7.32. The summed E-state index contributed by atoms with van der Waals surface area (Å²) in [7, 11) is 0. The highest BCUT2D eigenvalue weighted by atomic mass is 32.2. The van der Waals surface area contributed by atoms with Crippen molar-refractivity contribution in [2.45, 2.75) is 43.4 Å². The van der Waals surface area contributed by atoms with Crippen molar-refractivity contribution in [2.75, 3.05) is 37.8 Å². The van der Waals surface area contributed by atoms with Gasteiger partial charge in [0.05, 0.1) is 11.2 Å². The van der Waals surface area contributed by atoms with Gasteiger partial charge in [-0.3, -0.25) is 4.90 Å². The third-order valence-electron chi connectivity index (χ3n) is 4.67. The summed E-state index contributed by atoms with van der Waals surface area (Å²) in [4.78, 5) is 13.0. The maximum atomic E-state index is 10.6. The van der Waals surface area contributed by atoms with Crippen molar-refractivity contribution in [1.29, 1.82) is 0 Å². The first-order valence-corrected chi connectivity index (χ1v) is 8.47. The number of hydrogen-bond donors (Lipinski definition) is 1. The number of carboxylic acid groups (broad SMARTS) is 1. The van der Waals surface area contributed by atoms with E-state index in [9.17, 15) is 4.79 Å². The van der Waals surface area contributed by atoms with Gasteiger partial charge < -0.3 is 14.6 Å². The van der Waals surface area contributed by atoms with E-state index < -0.39 is 5.97 Å². The van der Waals surface area contributed by atoms with Gasteiger partial charge in [0, 0.05) is 31.5 Å². The number of likely N-dealkylation sites (tertiary alicyclic amines) is 1. The van der Waals surface area contributed by atoms with E-state index in [4.69, 9.17) is 14.6 Å². The van der Waals surface area contributed by atoms with Crippen molar-refractivity contribution in [3.8, 4) is 0 Å². The third kappa shape index (κ3) is 2.98. The zero-order chi connectivity index (χ0) is 14.2. The molecule has 1 spiro atoms. The van der Waals surface area contributed by atoms with Crippen LogP contribution in [0, 0.1) is 0 Å². The van der Waals surface area contributed by atoms with E-state index in [1.165, 1.54) is 12.2 Å². The number of hydrogen-bond acceptors (Lipinski definition) is 5. The van der Waals surface area contributed by atoms with Gasteiger partial charge in [-0.15, -0.1) is 0 Å². The molecular formula is C14H23NO4S. The quantitative estimate of drug-likeness (QED) is 0.842. The molecule has 3 aliphatic heterocycles. The molecular weight excluding hydrogens is 278 g/mol. The molecule has 3 rings (SSSR count). The van der Waals surface area contributed by atoms with E-state index in [0.717, 1.165) is 38.3 Å². The van der Waals surface area contributed by atoms with Crippen LogP contribution in [0.15, 0.2) is 0 Å². The SMILES string of the molecule is CC1(OCC(=O)O)CN(C2CCOC3(CCSC3)C2)C1. The zero-order valence-electron chi connectivity index (χ0n) is 12.0. The normalized spacial score (nSPS) is 37.0. The van der Waals surface area contributed by atoms with Gasteiger partial charge in [-0.05, 0) is 31.9 Å². The van der Waals surface area contributed by atoms with Crippen molar-refractivity contribution < 1.29 is 19.4 Å². The molecule has 3 saturated heterocycles. The van der Waals surface area contributed by atoms with E-state index >= 15 is 0 Å². The third-order valence-corrected chi connectivity index (χ3v) is 5.89. The van der Waals surface area contributed by atoms with Gasteiger partial charge in [0.15, 0.2) is 0 Å². The molecule has 3 aliphatic rings. The Morgan fingerprint density at radius 2 is 2.35 bits per heavy atom. The van der Waals surface area contributed by atoms with Crippen LogP contribution in [0.4, 0.5) is 0 Å². The minimum absolute atomic E-state index is 0.113. The van der Waals surface area contributed by atoms with Crippen molar-refractivity contribution in [1.82, 2.24) is 4.90 Å². The van der Waals surface area contributed by atoms with Crippen LogP contribution < -0.4 is 0 Å². The Morgan fingerprint density at radius 3 is 3.00 bits per heavy atom. The molecule has 20 heavy (non-hydrogen) atoms. The molecule has 0 aromatic rings. The summed E-state index contributed by atoms with van der Waals surface area (Å²) in [6.07, 6.45) is 3.38. The second-order valence-corrected chi connectivity index (χ2v) is 7.62. The Labute approximate surface area is 124 Å². The molecule has 3 heterocycles. The topological polar surface area (TPSA) is 59.0 Å². The minimum atomic E-state index is -0.891. The Morgan fingerprint density at radius 1 is 1.55 bits per heavy atom. The molecule has 0 aliphatic carbocycles. The zero-order valence-corrected chi connectivity index (χ0v) is 12.8. The monoisotopic (exact) mass is 301 g/mol. The highest BCUT2D eigenvalue weighted by Gasteiger charge is 2.48. The largest absolute Gasteiger partial charge is 0.480 e. The van der Waals surface area contributed by atoms with Crippen LogP contribution in [-0.4, -0.2) is 71.0 Å². The predicted octanol–water partition coefficient (Wildman–Crippen LogP) is 1.22. The van der Waals surface area contributed by atoms with Crippen molar-refractivity contribution in [3.63, 3.8) is 0 Å². The van der Waals surface area contributed by atoms with Gasteiger partial charge in [0.2, 0.25) is 0 Å². The van der Waals surface area contributed by atoms with Crippen LogP contribution >= 0.6 is 11.8 Å². The van der Waals surface area contributed by atoms with Crippen LogP contribution in [0.2, 0.25) is 0 Å². The molecule has 0 amide bonds. The van der Waals surface area contributed by atoms with Gasteiger partial charge in [-0.1, -0.05) is 0 Å². The smallest absolute Gasteiger partial charge is 0.329 e. The van der Waals surface area contributed by atoms with Gasteiger partial charge in [0.1, 0.15) is 6.61 Å². The summed E-state index contributed by atoms with van der Waals surface area (Å²) in [5, 5.41) is 8.69. The van der Waals surface area contributed by atoms with E-state index in [1.54, 1.807) is 0 Å². The summed E-state index contributed by atoms with van der Waals surface area (Å²) >= 11 is 2.00. The molecule has 3 fully saturated rings. The maximum Gasteiger partial charge on any atom is 0.329 e. The highest BCUT2D eigenvalue weighted by molar-refractivity contribution is 7.99. The van der Waals surface area contributed by atoms with E-state index in [-0.39, 0.29) is 17.8 Å². The fraction of sp³-hybridized carbons (Fsp3) is 0.929. The fourth-order valence-corrected chi connectivity index (χ4v) is 4.95. The Hall–Kier alpha value is -0.300. The Bertz CT molecular complexity index is 377. The van der Waals surface area contributed by atoms with Crippen LogP contribution in [0.3, 0.4) is 0 Å². The van der Waals surface area contributed by atoms with Crippen LogP contribution in [0.25, 0.3) is 0 Å². The van der Waals surface area contributed by atoms with Gasteiger partial charge >= 0.3 is 5.97 Å². The standard InChI is InChI=1S/C14H23NO4S/c1-13(19-7-12(16)17)8-15(9-13)11-2-4-18-14(6-11)3-5-20-10-14/h11H,2-10H2,1H3,(H,16,17). The van der Waals surface area contributed by atoms with Crippen LogP contribution in [0.5, 0.6) is 0 Å². The molecule has 0 radical (unpaired) electrons. The molecule has 0 bridgehead atoms. The van der Waals surface area contributed by atoms with Crippen LogP contribution in [0.1, 0.15) is 26.2 Å². The van der Waals surface area contributed by atoms with Crippen molar-refractivity contribution in [2.24, 2.45) is 0 Å². The number of aliphatic carboxylic acids is 1. The lowest BCUT2D eigenvalue weighted by Crippen LogP contribution is -2.66. The number of rotatable bonds is 4. The number of carbonyl (C=O) groups is 1. The lowest BCUT2D eigenvalue weighted by Gasteiger charge is -2.53. The average Bonchev–Trinajstić information content (AvgIpc) is 2.81. The summed E-state index contributed by atoms with van der Waals surface area (Å²) < 4.78 is 11.5. The molecule has 2 atom stereocenters. The fourth-order valence-electron chi connectivity index (χ4n) is 3.58. The Balaban J connectivity index is 1.50. The summed E-state index contributed by atoms with van der Waals surface area (Å²) in [5.74, 6) is 1.45. The van der Waals surface area contributed by atoms with Crippen LogP contribution in [-0.2, 0) is 14.3 Å². The number of thioether (sulfide) groups is 1. The average molecular weight is 301 g/mol. The molecule has 0 saturated carbocycles. The highest BCUT2D eigenvalue weighted by Crippen LogP contribution is 2.41. The first kappa shape index (κ1) is 14.6. The maximum absolute atomic E-state index is 10.6. The number of carboxylic acids is 1. The summed E-state index contributed by atoms with van der Waals surface area (Å²) in [6, 6.07) is 0.573. The molecule has 2 unspecified atom stereocenters. The summed E-state index contributed by atoms with van der Waals surface area (Å²) in [5.41, 5.74) is -0.171. The van der Waals surface area contributed by atoms with E-state index in [2.05, 4.69) is 4.90 Å². The first-order chi connectivity index (χ1) is 9.50. The van der Waals surface area contributed by atoms with Crippen molar-refractivity contribution in [3.05, 3.63) is 0 Å². The molecule has 1 N–H and O–H groups in total. The van der Waals surface area contributed by atoms with E-state index in [1.807, 2.05) is 18.7 Å². The van der Waals surface area contributed by atoms with Gasteiger partial charge in [-0.2, -0.15) is 11.8 Å². The van der Waals surface area contributed by atoms with E-state index in [0.29, 0.717) is 6.04 Å². The molecule has 6 heteroatoms. The lowest BCUT2D eigenvalue weighted by atomic mass is 9.85. The molecule has 0 aromatic carbocycles. The predicted molar refractivity (Wildman–Crippen MR) is 77.2 cm³/mol. The molecule has 5 nitrogen and oxygen atoms in total. The van der Waals surface area contributed by atoms with Crippen molar-refractivity contribution >= 4 is 17.7 Å². The van der Waals surface area contributed by atoms with Gasteiger partial charge in [-0.25, -0.2) is 4.79 Å². The second kappa shape index (κ2) is 5.48. The summed E-state index contributed by atoms with van der Waals surface area (Å²) in [6.45, 7) is 4.35. The second-order valence-electron chi connectivity index (χ2n) is 6.52.